The molecule has 6 nitrogen and oxygen atoms in total. The van der Waals surface area contributed by atoms with Gasteiger partial charge in [-0.15, -0.1) is 0 Å². The maximum atomic E-state index is 13.3. The van der Waals surface area contributed by atoms with Crippen molar-refractivity contribution >= 4 is 11.4 Å². The number of aromatic nitrogens is 2. The van der Waals surface area contributed by atoms with Crippen LogP contribution in [-0.4, -0.2) is 28.9 Å². The molecule has 1 fully saturated rings. The molecule has 0 spiro atoms. The first-order valence-corrected chi connectivity index (χ1v) is 11.2. The highest BCUT2D eigenvalue weighted by molar-refractivity contribution is 6.02. The molecule has 0 saturated heterocycles. The van der Waals surface area contributed by atoms with E-state index in [4.69, 9.17) is 9.47 Å². The SMILES string of the molecule is COc1cc(-c2cnc3cc(C(C)(C)C#N)ccn23)cc(OC(F)F)c1C(=O)CC(C)C1CC1. The number of pyridine rings is 1. The third-order valence-electron chi connectivity index (χ3n) is 6.53. The van der Waals surface area contributed by atoms with Gasteiger partial charge in [-0.25, -0.2) is 4.98 Å². The molecule has 1 saturated carbocycles. The first-order chi connectivity index (χ1) is 16.1. The number of rotatable bonds is 9. The molecule has 0 N–H and O–H groups in total. The van der Waals surface area contributed by atoms with Gasteiger partial charge in [-0.05, 0) is 68.4 Å². The van der Waals surface area contributed by atoms with Crippen molar-refractivity contribution in [2.45, 2.75) is 52.1 Å². The van der Waals surface area contributed by atoms with Crippen LogP contribution in [0, 0.1) is 23.2 Å². The topological polar surface area (TPSA) is 76.6 Å². The van der Waals surface area contributed by atoms with E-state index in [1.807, 2.05) is 32.9 Å². The third kappa shape index (κ3) is 4.60. The molecule has 0 amide bonds. The van der Waals surface area contributed by atoms with Crippen LogP contribution in [0.5, 0.6) is 11.5 Å². The van der Waals surface area contributed by atoms with Crippen molar-refractivity contribution in [1.29, 1.82) is 5.26 Å². The van der Waals surface area contributed by atoms with Crippen LogP contribution in [0.1, 0.15) is 56.0 Å². The molecule has 0 bridgehead atoms. The minimum atomic E-state index is -3.09. The van der Waals surface area contributed by atoms with Crippen molar-refractivity contribution in [3.8, 4) is 28.8 Å². The molecule has 34 heavy (non-hydrogen) atoms. The molecule has 1 aliphatic rings. The summed E-state index contributed by atoms with van der Waals surface area (Å²) in [7, 11) is 1.40. The highest BCUT2D eigenvalue weighted by Crippen LogP contribution is 2.41. The Morgan fingerprint density at radius 3 is 2.62 bits per heavy atom. The molecule has 1 aliphatic carbocycles. The van der Waals surface area contributed by atoms with E-state index in [9.17, 15) is 18.8 Å². The second-order valence-electron chi connectivity index (χ2n) is 9.40. The van der Waals surface area contributed by atoms with Gasteiger partial charge < -0.3 is 9.47 Å². The molecule has 1 aromatic carbocycles. The van der Waals surface area contributed by atoms with E-state index in [0.717, 1.165) is 18.4 Å². The monoisotopic (exact) mass is 467 g/mol. The van der Waals surface area contributed by atoms with Crippen LogP contribution in [0.3, 0.4) is 0 Å². The fourth-order valence-electron chi connectivity index (χ4n) is 4.24. The largest absolute Gasteiger partial charge is 0.496 e. The van der Waals surface area contributed by atoms with Crippen molar-refractivity contribution in [2.24, 2.45) is 11.8 Å². The molecular weight excluding hydrogens is 440 g/mol. The molecular formula is C26H27F2N3O3. The maximum absolute atomic E-state index is 13.3. The van der Waals surface area contributed by atoms with Gasteiger partial charge in [0, 0.05) is 18.2 Å². The van der Waals surface area contributed by atoms with Crippen molar-refractivity contribution in [3.05, 3.63) is 47.8 Å². The Bertz CT molecular complexity index is 1270. The standard InChI is InChI=1S/C26H27F2N3O3/c1-15(16-5-6-16)9-20(32)24-21(33-4)10-17(11-22(24)34-25(27)28)19-13-30-23-12-18(7-8-31(19)23)26(2,3)14-29/h7-8,10-13,15-16,25H,5-6,9H2,1-4H3. The van der Waals surface area contributed by atoms with Gasteiger partial charge in [0.05, 0.1) is 30.5 Å². The lowest BCUT2D eigenvalue weighted by Gasteiger charge is -2.18. The number of fused-ring (bicyclic) bond motifs is 1. The number of carbonyl (C=O) groups excluding carboxylic acids is 1. The zero-order chi connectivity index (χ0) is 24.6. The Morgan fingerprint density at radius 1 is 1.29 bits per heavy atom. The van der Waals surface area contributed by atoms with Gasteiger partial charge in [-0.3, -0.25) is 9.20 Å². The number of benzene rings is 1. The Kier molecular flexibility index (Phi) is 6.30. The molecule has 3 aromatic rings. The number of imidazole rings is 1. The smallest absolute Gasteiger partial charge is 0.387 e. The lowest BCUT2D eigenvalue weighted by atomic mass is 9.87. The van der Waals surface area contributed by atoms with Crippen molar-refractivity contribution in [1.82, 2.24) is 9.38 Å². The van der Waals surface area contributed by atoms with E-state index in [0.29, 0.717) is 22.8 Å². The number of carbonyl (C=O) groups is 1. The highest BCUT2D eigenvalue weighted by atomic mass is 19.3. The molecule has 178 valence electrons. The molecule has 8 heteroatoms. The summed E-state index contributed by atoms with van der Waals surface area (Å²) in [4.78, 5) is 17.5. The summed E-state index contributed by atoms with van der Waals surface area (Å²) in [6, 6.07) is 8.99. The van der Waals surface area contributed by atoms with Crippen molar-refractivity contribution in [2.75, 3.05) is 7.11 Å². The van der Waals surface area contributed by atoms with Gasteiger partial charge in [0.2, 0.25) is 0 Å². The van der Waals surface area contributed by atoms with Crippen LogP contribution in [0.25, 0.3) is 16.9 Å². The summed E-state index contributed by atoms with van der Waals surface area (Å²) in [5, 5.41) is 9.43. The van der Waals surface area contributed by atoms with Crippen LogP contribution in [0.2, 0.25) is 0 Å². The van der Waals surface area contributed by atoms with E-state index in [1.165, 1.54) is 13.2 Å². The molecule has 1 unspecified atom stereocenters. The first-order valence-electron chi connectivity index (χ1n) is 11.2. The minimum absolute atomic E-state index is 0.0333. The summed E-state index contributed by atoms with van der Waals surface area (Å²) >= 11 is 0. The molecule has 4 rings (SSSR count). The van der Waals surface area contributed by atoms with Gasteiger partial charge in [-0.2, -0.15) is 14.0 Å². The first kappa shape index (κ1) is 23.7. The van der Waals surface area contributed by atoms with Crippen molar-refractivity contribution < 1.29 is 23.0 Å². The van der Waals surface area contributed by atoms with E-state index < -0.39 is 12.0 Å². The lowest BCUT2D eigenvalue weighted by Crippen LogP contribution is -2.14. The Balaban J connectivity index is 1.79. The molecule has 0 aliphatic heterocycles. The normalized spacial score (nSPS) is 14.8. The molecule has 1 atom stereocenters. The quantitative estimate of drug-likeness (QED) is 0.359. The number of nitriles is 1. The number of ether oxygens (including phenoxy) is 2. The van der Waals surface area contributed by atoms with E-state index in [-0.39, 0.29) is 35.2 Å². The number of halogens is 2. The average Bonchev–Trinajstić information content (AvgIpc) is 3.57. The van der Waals surface area contributed by atoms with Gasteiger partial charge in [0.15, 0.2) is 5.78 Å². The minimum Gasteiger partial charge on any atom is -0.496 e. The molecule has 2 aromatic heterocycles. The number of hydrogen-bond acceptors (Lipinski definition) is 5. The van der Waals surface area contributed by atoms with Crippen LogP contribution < -0.4 is 9.47 Å². The summed E-state index contributed by atoms with van der Waals surface area (Å²) in [5.41, 5.74) is 1.88. The van der Waals surface area contributed by atoms with Crippen molar-refractivity contribution in [3.63, 3.8) is 0 Å². The maximum Gasteiger partial charge on any atom is 0.387 e. The number of Topliss-reactive ketones (excluding diaryl/α,β-unsaturated/α-hetero) is 1. The highest BCUT2D eigenvalue weighted by Gasteiger charge is 2.32. The lowest BCUT2D eigenvalue weighted by molar-refractivity contribution is -0.0502. The van der Waals surface area contributed by atoms with Crippen LogP contribution in [0.4, 0.5) is 8.78 Å². The second kappa shape index (κ2) is 9.05. The number of ketones is 1. The predicted octanol–water partition coefficient (Wildman–Crippen LogP) is 6.03. The van der Waals surface area contributed by atoms with Gasteiger partial charge >= 0.3 is 6.61 Å². The van der Waals surface area contributed by atoms with Crippen LogP contribution >= 0.6 is 0 Å². The van der Waals surface area contributed by atoms with Gasteiger partial charge in [-0.1, -0.05) is 6.92 Å². The van der Waals surface area contributed by atoms with E-state index in [1.54, 1.807) is 22.9 Å². The summed E-state index contributed by atoms with van der Waals surface area (Å²) in [6.07, 6.45) is 5.81. The van der Waals surface area contributed by atoms with E-state index in [2.05, 4.69) is 11.1 Å². The Hall–Kier alpha value is -3.47. The number of methoxy groups -OCH3 is 1. The second-order valence-corrected chi connectivity index (χ2v) is 9.40. The number of hydrogen-bond donors (Lipinski definition) is 0. The zero-order valence-electron chi connectivity index (χ0n) is 19.6. The third-order valence-corrected chi connectivity index (χ3v) is 6.53. The van der Waals surface area contributed by atoms with Gasteiger partial charge in [0.1, 0.15) is 22.7 Å². The number of nitrogens with zero attached hydrogens (tertiary/aromatic N) is 3. The summed E-state index contributed by atoms with van der Waals surface area (Å²) in [5.74, 6) is 0.359. The van der Waals surface area contributed by atoms with E-state index >= 15 is 0 Å². The Morgan fingerprint density at radius 2 is 2.00 bits per heavy atom. The summed E-state index contributed by atoms with van der Waals surface area (Å²) in [6.45, 7) is 2.55. The van der Waals surface area contributed by atoms with Crippen LogP contribution in [0.15, 0.2) is 36.7 Å². The molecule has 2 heterocycles. The zero-order valence-corrected chi connectivity index (χ0v) is 19.6. The van der Waals surface area contributed by atoms with Gasteiger partial charge in [0.25, 0.3) is 0 Å². The van der Waals surface area contributed by atoms with Crippen LogP contribution in [-0.2, 0) is 5.41 Å². The summed E-state index contributed by atoms with van der Waals surface area (Å²) < 4.78 is 38.6. The predicted molar refractivity (Wildman–Crippen MR) is 123 cm³/mol. The molecule has 0 radical (unpaired) electrons. The average molecular weight is 468 g/mol. The fourth-order valence-corrected chi connectivity index (χ4v) is 4.24. The Labute approximate surface area is 197 Å². The fraction of sp³-hybridized carbons (Fsp3) is 0.423. The number of alkyl halides is 2.